The lowest BCUT2D eigenvalue weighted by Gasteiger charge is -2.17. The number of nitriles is 2. The largest absolute Gasteiger partial charge is 0.339 e. The van der Waals surface area contributed by atoms with E-state index in [9.17, 15) is 4.79 Å². The Kier molecular flexibility index (Phi) is 6.20. The van der Waals surface area contributed by atoms with Crippen molar-refractivity contribution in [2.45, 2.75) is 19.4 Å². The Hall–Kier alpha value is -4.34. The minimum Gasteiger partial charge on any atom is -0.339 e. The zero-order valence-corrected chi connectivity index (χ0v) is 17.2. The van der Waals surface area contributed by atoms with E-state index in [1.165, 1.54) is 6.21 Å². The van der Waals surface area contributed by atoms with Crippen molar-refractivity contribution in [2.24, 2.45) is 0 Å². The highest BCUT2D eigenvalue weighted by Crippen LogP contribution is 2.24. The van der Waals surface area contributed by atoms with Crippen molar-refractivity contribution in [1.82, 2.24) is 20.3 Å². The number of carbonyl (C=O) groups excluding carboxylic acids is 1. The molecule has 3 aromatic heterocycles. The summed E-state index contributed by atoms with van der Waals surface area (Å²) in [6, 6.07) is 13.0. The molecule has 0 radical (unpaired) electrons. The molecule has 0 bridgehead atoms. The predicted molar refractivity (Wildman–Crippen MR) is 115 cm³/mol. The monoisotopic (exact) mass is 414 g/mol. The van der Waals surface area contributed by atoms with Crippen LogP contribution in [0.4, 0.5) is 0 Å². The van der Waals surface area contributed by atoms with Crippen molar-refractivity contribution in [2.75, 3.05) is 6.54 Å². The Balaban J connectivity index is 1.91. The number of carbonyl (C=O) groups is 1. The maximum absolute atomic E-state index is 12.4. The van der Waals surface area contributed by atoms with Crippen LogP contribution in [0, 0.1) is 22.7 Å². The van der Waals surface area contributed by atoms with Crippen LogP contribution in [0.2, 0.25) is 0 Å². The molecule has 3 rings (SSSR count). The van der Waals surface area contributed by atoms with Crippen molar-refractivity contribution in [1.29, 1.82) is 10.5 Å². The minimum atomic E-state index is -0.993. The summed E-state index contributed by atoms with van der Waals surface area (Å²) in [5.41, 5.74) is 2.74. The summed E-state index contributed by atoms with van der Waals surface area (Å²) >= 11 is 0. The van der Waals surface area contributed by atoms with Crippen LogP contribution >= 0.6 is 0 Å². The van der Waals surface area contributed by atoms with E-state index in [2.05, 4.69) is 26.3 Å². The number of nitrogens with one attached hydrogen (secondary N) is 2. The number of hydrogen-bond donors (Lipinski definition) is 4. The van der Waals surface area contributed by atoms with Crippen molar-refractivity contribution >= 4 is 28.7 Å². The average Bonchev–Trinajstić information content (AvgIpc) is 3.19. The molecule has 0 spiro atoms. The van der Waals surface area contributed by atoms with E-state index in [0.29, 0.717) is 17.9 Å². The van der Waals surface area contributed by atoms with E-state index in [1.807, 2.05) is 18.2 Å². The summed E-state index contributed by atoms with van der Waals surface area (Å²) in [4.78, 5) is 24.5. The Morgan fingerprint density at radius 2 is 2.16 bits per heavy atom. The molecule has 6 N–H and O–H groups in total. The Bertz CT molecular complexity index is 1260. The third-order valence-corrected chi connectivity index (χ3v) is 4.45. The molecule has 0 saturated carbocycles. The normalized spacial score (nSPS) is 11.5. The van der Waals surface area contributed by atoms with Crippen LogP contribution in [0.5, 0.6) is 0 Å². The molecule has 0 aliphatic heterocycles. The topological polar surface area (TPSA) is 160 Å². The quantitative estimate of drug-likeness (QED) is 0.241. The van der Waals surface area contributed by atoms with E-state index in [1.54, 1.807) is 49.8 Å². The number of rotatable bonds is 7. The van der Waals surface area contributed by atoms with Crippen LogP contribution in [0.1, 0.15) is 30.0 Å². The molecule has 0 aliphatic rings. The number of aromatic amines is 1. The summed E-state index contributed by atoms with van der Waals surface area (Å²) in [7, 11) is 0. The Labute approximate surface area is 179 Å². The van der Waals surface area contributed by atoms with Gasteiger partial charge in [-0.3, -0.25) is 10.2 Å². The number of amides is 1. The number of aromatic nitrogens is 3. The lowest BCUT2D eigenvalue weighted by Crippen LogP contribution is -2.78. The number of H-pyrrole nitrogens is 1. The highest BCUT2D eigenvalue weighted by Gasteiger charge is 2.21. The van der Waals surface area contributed by atoms with Crippen molar-refractivity contribution in [3.8, 4) is 23.4 Å². The minimum absolute atomic E-state index is 0.215. The molecule has 0 unspecified atom stereocenters. The van der Waals surface area contributed by atoms with Gasteiger partial charge in [-0.1, -0.05) is 6.07 Å². The van der Waals surface area contributed by atoms with Gasteiger partial charge in [0.2, 0.25) is 0 Å². The van der Waals surface area contributed by atoms with Crippen molar-refractivity contribution in [3.05, 3.63) is 54.1 Å². The van der Waals surface area contributed by atoms with Crippen molar-refractivity contribution < 1.29 is 15.5 Å². The van der Waals surface area contributed by atoms with E-state index >= 15 is 0 Å². The van der Waals surface area contributed by atoms with Crippen molar-refractivity contribution in [3.63, 3.8) is 0 Å². The first-order valence-corrected chi connectivity index (χ1v) is 9.52. The standard InChI is InChI=1S/C22H20N8O/c1-22(2,13-25)30-21(31)18-5-3-4-17(28-18)15-8-14-9-19(29-20(14)27-12-15)16(10-24)11-26-7-6-23/h3-5,8-12,24,26H,7H2,1-2H3,(H,27,29)(H,30,31)/p+2/b16-11+,24-10?. The molecule has 0 aromatic carbocycles. The van der Waals surface area contributed by atoms with Gasteiger partial charge in [-0.2, -0.15) is 10.5 Å². The van der Waals surface area contributed by atoms with E-state index in [-0.39, 0.29) is 5.69 Å². The van der Waals surface area contributed by atoms with Gasteiger partial charge in [0.05, 0.1) is 17.5 Å². The van der Waals surface area contributed by atoms with Crippen LogP contribution < -0.4 is 16.0 Å². The summed E-state index contributed by atoms with van der Waals surface area (Å²) in [5, 5.41) is 28.8. The van der Waals surface area contributed by atoms with E-state index in [0.717, 1.165) is 22.2 Å². The van der Waals surface area contributed by atoms with Crippen LogP contribution in [-0.4, -0.2) is 39.2 Å². The van der Waals surface area contributed by atoms with Gasteiger partial charge in [0.15, 0.2) is 12.8 Å². The van der Waals surface area contributed by atoms with Crippen LogP contribution in [0.3, 0.4) is 0 Å². The first-order valence-electron chi connectivity index (χ1n) is 9.52. The summed E-state index contributed by atoms with van der Waals surface area (Å²) < 4.78 is 0. The van der Waals surface area contributed by atoms with Gasteiger partial charge in [0.1, 0.15) is 34.7 Å². The Morgan fingerprint density at radius 3 is 2.87 bits per heavy atom. The highest BCUT2D eigenvalue weighted by atomic mass is 16.2. The average molecular weight is 414 g/mol. The zero-order chi connectivity index (χ0) is 22.4. The number of pyridine rings is 2. The fraction of sp³-hybridized carbons (Fsp3) is 0.182. The van der Waals surface area contributed by atoms with Gasteiger partial charge in [0.25, 0.3) is 5.91 Å². The van der Waals surface area contributed by atoms with Crippen LogP contribution in [0.25, 0.3) is 27.9 Å². The molecule has 31 heavy (non-hydrogen) atoms. The molecule has 154 valence electrons. The number of hydrogen-bond acceptors (Lipinski definition) is 5. The van der Waals surface area contributed by atoms with E-state index in [4.69, 9.17) is 15.9 Å². The van der Waals surface area contributed by atoms with Gasteiger partial charge in [-0.05, 0) is 38.1 Å². The number of nitrogens with zero attached hydrogens (tertiary/aromatic N) is 4. The van der Waals surface area contributed by atoms with Gasteiger partial charge in [0, 0.05) is 17.1 Å². The second-order valence-electron chi connectivity index (χ2n) is 7.33. The maximum Gasteiger partial charge on any atom is 0.271 e. The molecule has 9 heteroatoms. The molecule has 0 atom stereocenters. The lowest BCUT2D eigenvalue weighted by atomic mass is 10.1. The molecule has 0 aliphatic carbocycles. The van der Waals surface area contributed by atoms with Gasteiger partial charge in [-0.15, -0.1) is 0 Å². The molecule has 0 fully saturated rings. The summed E-state index contributed by atoms with van der Waals surface area (Å²) in [6.07, 6.45) is 4.91. The van der Waals surface area contributed by atoms with Crippen LogP contribution in [0.15, 0.2) is 42.7 Å². The molecule has 3 heterocycles. The smallest absolute Gasteiger partial charge is 0.271 e. The van der Waals surface area contributed by atoms with Gasteiger partial charge < -0.3 is 15.6 Å². The molecule has 1 amide bonds. The first kappa shape index (κ1) is 21.4. The number of fused-ring (bicyclic) bond motifs is 1. The number of allylic oxidation sites excluding steroid dienone is 1. The predicted octanol–water partition coefficient (Wildman–Crippen LogP) is -0.0853. The first-order chi connectivity index (χ1) is 14.9. The Morgan fingerprint density at radius 1 is 1.35 bits per heavy atom. The fourth-order valence-corrected chi connectivity index (χ4v) is 2.88. The highest BCUT2D eigenvalue weighted by molar-refractivity contribution is 6.07. The molecule has 9 nitrogen and oxygen atoms in total. The van der Waals surface area contributed by atoms with Crippen LogP contribution in [-0.2, 0) is 0 Å². The van der Waals surface area contributed by atoms with E-state index < -0.39 is 11.4 Å². The number of nitrogens with two attached hydrogens (primary N) is 2. The number of quaternary nitrogens is 1. The second kappa shape index (κ2) is 8.99. The SMILES string of the molecule is CC(C)(C#N)NC(=O)c1cccc(-c2cnc3[nH]c(/C(C=[NH2+])=C/[NH2+]CC#N)cc3c2)n1. The molecule has 0 saturated heterocycles. The fourth-order valence-electron chi connectivity index (χ4n) is 2.88. The third-order valence-electron chi connectivity index (χ3n) is 4.45. The zero-order valence-electron chi connectivity index (χ0n) is 17.2. The maximum atomic E-state index is 12.4. The van der Waals surface area contributed by atoms with Gasteiger partial charge in [-0.25, -0.2) is 9.97 Å². The second-order valence-corrected chi connectivity index (χ2v) is 7.33. The third kappa shape index (κ3) is 4.99. The summed E-state index contributed by atoms with van der Waals surface area (Å²) in [6.45, 7) is 3.53. The van der Waals surface area contributed by atoms with Gasteiger partial charge >= 0.3 is 0 Å². The lowest BCUT2D eigenvalue weighted by molar-refractivity contribution is -0.574. The molecule has 3 aromatic rings. The summed E-state index contributed by atoms with van der Waals surface area (Å²) in [5.74, 6) is -0.423. The molecular formula is C22H22N8O+2. The molecular weight excluding hydrogens is 392 g/mol.